The lowest BCUT2D eigenvalue weighted by Crippen LogP contribution is -2.16. The Morgan fingerprint density at radius 1 is 1.30 bits per heavy atom. The molecule has 6 nitrogen and oxygen atoms in total. The average molecular weight is 349 g/mol. The van der Waals surface area contributed by atoms with Crippen molar-refractivity contribution >= 4 is 34.3 Å². The highest BCUT2D eigenvalue weighted by Gasteiger charge is 2.05. The molecule has 8 heteroatoms. The number of halogens is 1. The van der Waals surface area contributed by atoms with Crippen molar-refractivity contribution < 1.29 is 0 Å². The Morgan fingerprint density at radius 2 is 2.17 bits per heavy atom. The molecule has 0 aliphatic rings. The third-order valence-electron chi connectivity index (χ3n) is 3.38. The first-order chi connectivity index (χ1) is 11.2. The number of pyridine rings is 1. The molecule has 0 saturated heterocycles. The molecule has 1 aromatic carbocycles. The maximum Gasteiger partial charge on any atom is 0.209 e. The molecule has 2 aromatic heterocycles. The fourth-order valence-corrected chi connectivity index (χ4v) is 3.19. The van der Waals surface area contributed by atoms with Crippen molar-refractivity contribution in [3.8, 4) is 0 Å². The van der Waals surface area contributed by atoms with Crippen LogP contribution in [0.2, 0.25) is 5.15 Å². The van der Waals surface area contributed by atoms with E-state index in [2.05, 4.69) is 31.9 Å². The van der Waals surface area contributed by atoms with E-state index < -0.39 is 0 Å². The van der Waals surface area contributed by atoms with Crippen molar-refractivity contribution in [2.75, 3.05) is 12.3 Å². The summed E-state index contributed by atoms with van der Waals surface area (Å²) in [6.07, 6.45) is 1.02. The van der Waals surface area contributed by atoms with Crippen LogP contribution >= 0.6 is 23.4 Å². The Bertz CT molecular complexity index is 790. The van der Waals surface area contributed by atoms with Crippen molar-refractivity contribution in [3.05, 3.63) is 41.0 Å². The van der Waals surface area contributed by atoms with Gasteiger partial charge in [-0.2, -0.15) is 0 Å². The molecule has 0 unspecified atom stereocenters. The molecule has 0 amide bonds. The normalized spacial score (nSPS) is 11.2. The fraction of sp³-hybridized carbons (Fsp3) is 0.333. The summed E-state index contributed by atoms with van der Waals surface area (Å²) in [4.78, 5) is 4.43. The van der Waals surface area contributed by atoms with Gasteiger partial charge in [-0.25, -0.2) is 9.67 Å². The predicted octanol–water partition coefficient (Wildman–Crippen LogP) is 2.68. The smallest absolute Gasteiger partial charge is 0.209 e. The van der Waals surface area contributed by atoms with E-state index >= 15 is 0 Å². The van der Waals surface area contributed by atoms with Gasteiger partial charge in [0.15, 0.2) is 0 Å². The maximum atomic E-state index is 6.25. The minimum atomic E-state index is 0.565. The zero-order valence-corrected chi connectivity index (χ0v) is 14.3. The van der Waals surface area contributed by atoms with Crippen LogP contribution in [-0.2, 0) is 13.6 Å². The number of para-hydroxylation sites is 1. The van der Waals surface area contributed by atoms with Gasteiger partial charge in [-0.05, 0) is 35.5 Å². The standard InChI is InChI=1S/C15H17ClN6S/c1-22-15(19-20-21-22)23-8-4-7-17-10-12-9-11-5-2-3-6-13(11)18-14(12)16/h2-3,5-6,9,17H,4,7-8,10H2,1H3. The highest BCUT2D eigenvalue weighted by atomic mass is 35.5. The predicted molar refractivity (Wildman–Crippen MR) is 92.6 cm³/mol. The van der Waals surface area contributed by atoms with Gasteiger partial charge in [-0.3, -0.25) is 0 Å². The Balaban J connectivity index is 1.45. The minimum absolute atomic E-state index is 0.565. The van der Waals surface area contributed by atoms with Crippen molar-refractivity contribution in [3.63, 3.8) is 0 Å². The number of hydrogen-bond donors (Lipinski definition) is 1. The van der Waals surface area contributed by atoms with Crippen LogP contribution in [0.3, 0.4) is 0 Å². The molecule has 3 aromatic rings. The van der Waals surface area contributed by atoms with Crippen LogP contribution in [0.15, 0.2) is 35.5 Å². The fourth-order valence-electron chi connectivity index (χ4n) is 2.19. The van der Waals surface area contributed by atoms with Gasteiger partial charge in [0.25, 0.3) is 0 Å². The Labute approximate surface area is 143 Å². The van der Waals surface area contributed by atoms with Gasteiger partial charge in [-0.1, -0.05) is 41.6 Å². The first-order valence-electron chi connectivity index (χ1n) is 7.34. The van der Waals surface area contributed by atoms with Crippen LogP contribution in [0.4, 0.5) is 0 Å². The highest BCUT2D eigenvalue weighted by Crippen LogP contribution is 2.20. The molecule has 0 atom stereocenters. The molecule has 0 radical (unpaired) electrons. The molecule has 1 N–H and O–H groups in total. The van der Waals surface area contributed by atoms with Crippen LogP contribution in [-0.4, -0.2) is 37.5 Å². The highest BCUT2D eigenvalue weighted by molar-refractivity contribution is 7.99. The van der Waals surface area contributed by atoms with Gasteiger partial charge in [0.1, 0.15) is 5.15 Å². The minimum Gasteiger partial charge on any atom is -0.313 e. The number of aromatic nitrogens is 5. The lowest BCUT2D eigenvalue weighted by atomic mass is 10.1. The first-order valence-corrected chi connectivity index (χ1v) is 8.70. The molecule has 0 fully saturated rings. The van der Waals surface area contributed by atoms with Gasteiger partial charge in [0, 0.05) is 30.3 Å². The largest absolute Gasteiger partial charge is 0.313 e. The summed E-state index contributed by atoms with van der Waals surface area (Å²) in [5, 5.41) is 17.3. The Morgan fingerprint density at radius 3 is 3.00 bits per heavy atom. The maximum absolute atomic E-state index is 6.25. The van der Waals surface area contributed by atoms with E-state index in [1.807, 2.05) is 31.3 Å². The van der Waals surface area contributed by atoms with Crippen LogP contribution in [0.25, 0.3) is 10.9 Å². The average Bonchev–Trinajstić information content (AvgIpc) is 2.96. The SMILES string of the molecule is Cn1nnnc1SCCCNCc1cc2ccccc2nc1Cl. The number of aryl methyl sites for hydroxylation is 1. The van der Waals surface area contributed by atoms with E-state index in [9.17, 15) is 0 Å². The van der Waals surface area contributed by atoms with Gasteiger partial charge < -0.3 is 5.32 Å². The number of benzene rings is 1. The van der Waals surface area contributed by atoms with E-state index in [1.54, 1.807) is 16.4 Å². The lowest BCUT2D eigenvalue weighted by Gasteiger charge is -2.08. The molecular formula is C15H17ClN6S. The number of rotatable bonds is 7. The molecule has 3 rings (SSSR count). The van der Waals surface area contributed by atoms with Gasteiger partial charge in [-0.15, -0.1) is 5.10 Å². The summed E-state index contributed by atoms with van der Waals surface area (Å²) < 4.78 is 1.68. The number of tetrazole rings is 1. The van der Waals surface area contributed by atoms with Crippen LogP contribution in [0.1, 0.15) is 12.0 Å². The third kappa shape index (κ3) is 4.19. The molecule has 0 spiro atoms. The number of fused-ring (bicyclic) bond motifs is 1. The van der Waals surface area contributed by atoms with E-state index in [0.717, 1.165) is 40.3 Å². The third-order valence-corrected chi connectivity index (χ3v) is 4.80. The summed E-state index contributed by atoms with van der Waals surface area (Å²) in [6.45, 7) is 1.62. The molecule has 0 aliphatic carbocycles. The quantitative estimate of drug-likeness (QED) is 0.402. The van der Waals surface area contributed by atoms with Gasteiger partial charge in [0.2, 0.25) is 5.16 Å². The summed E-state index contributed by atoms with van der Waals surface area (Å²) in [7, 11) is 1.84. The van der Waals surface area contributed by atoms with Gasteiger partial charge >= 0.3 is 0 Å². The van der Waals surface area contributed by atoms with E-state index in [-0.39, 0.29) is 0 Å². The zero-order valence-electron chi connectivity index (χ0n) is 12.7. The number of hydrogen-bond acceptors (Lipinski definition) is 6. The molecule has 120 valence electrons. The summed E-state index contributed by atoms with van der Waals surface area (Å²) in [6, 6.07) is 10.1. The Kier molecular flexibility index (Phi) is 5.43. The van der Waals surface area contributed by atoms with E-state index in [0.29, 0.717) is 11.7 Å². The van der Waals surface area contributed by atoms with Crippen LogP contribution in [0, 0.1) is 0 Å². The lowest BCUT2D eigenvalue weighted by molar-refractivity contribution is 0.660. The van der Waals surface area contributed by atoms with Crippen molar-refractivity contribution in [1.82, 2.24) is 30.5 Å². The molecule has 2 heterocycles. The van der Waals surface area contributed by atoms with Crippen molar-refractivity contribution in [2.24, 2.45) is 7.05 Å². The molecule has 23 heavy (non-hydrogen) atoms. The second-order valence-electron chi connectivity index (χ2n) is 5.09. The second-order valence-corrected chi connectivity index (χ2v) is 6.51. The summed E-state index contributed by atoms with van der Waals surface area (Å²) in [5.41, 5.74) is 1.95. The molecule has 0 bridgehead atoms. The van der Waals surface area contributed by atoms with E-state index in [1.165, 1.54) is 0 Å². The van der Waals surface area contributed by atoms with Crippen LogP contribution < -0.4 is 5.32 Å². The van der Waals surface area contributed by atoms with Crippen molar-refractivity contribution in [1.29, 1.82) is 0 Å². The Hall–Kier alpha value is -1.70. The van der Waals surface area contributed by atoms with Gasteiger partial charge in [0.05, 0.1) is 5.52 Å². The monoisotopic (exact) mass is 348 g/mol. The first kappa shape index (κ1) is 16.2. The van der Waals surface area contributed by atoms with Crippen molar-refractivity contribution in [2.45, 2.75) is 18.1 Å². The molecule has 0 aliphatic heterocycles. The molecule has 0 saturated carbocycles. The second kappa shape index (κ2) is 7.72. The zero-order chi connectivity index (χ0) is 16.1. The number of nitrogens with zero attached hydrogens (tertiary/aromatic N) is 5. The number of thioether (sulfide) groups is 1. The topological polar surface area (TPSA) is 68.5 Å². The molecular weight excluding hydrogens is 332 g/mol. The summed E-state index contributed by atoms with van der Waals surface area (Å²) >= 11 is 7.90. The van der Waals surface area contributed by atoms with E-state index in [4.69, 9.17) is 11.6 Å². The van der Waals surface area contributed by atoms with Crippen LogP contribution in [0.5, 0.6) is 0 Å². The number of nitrogens with one attached hydrogen (secondary N) is 1. The summed E-state index contributed by atoms with van der Waals surface area (Å²) in [5.74, 6) is 0.963.